The third-order valence-electron chi connectivity index (χ3n) is 5.12. The van der Waals surface area contributed by atoms with Gasteiger partial charge in [0, 0.05) is 20.0 Å². The van der Waals surface area contributed by atoms with Crippen molar-refractivity contribution >= 4 is 23.6 Å². The van der Waals surface area contributed by atoms with Crippen molar-refractivity contribution in [2.75, 3.05) is 13.6 Å². The highest BCUT2D eigenvalue weighted by Crippen LogP contribution is 2.36. The minimum absolute atomic E-state index is 0.325. The van der Waals surface area contributed by atoms with Crippen molar-refractivity contribution < 1.29 is 9.31 Å². The molecule has 0 atom stereocenters. The first-order valence-electron chi connectivity index (χ1n) is 8.21. The van der Waals surface area contributed by atoms with Crippen LogP contribution in [0, 0.1) is 0 Å². The minimum Gasteiger partial charge on any atom is -0.399 e. The molecular formula is C17H26BN3O2. The number of aryl methyl sites for hydroxylation is 1. The van der Waals surface area contributed by atoms with Gasteiger partial charge in [0.15, 0.2) is 0 Å². The predicted octanol–water partition coefficient (Wildman–Crippen LogP) is 1.63. The van der Waals surface area contributed by atoms with Crippen LogP contribution in [0.3, 0.4) is 0 Å². The number of likely N-dealkylation sites (N-methyl/N-ethyl adjacent to an activating group) is 1. The lowest BCUT2D eigenvalue weighted by Crippen LogP contribution is -2.41. The number of nitrogens with zero attached hydrogens (tertiary/aromatic N) is 2. The molecule has 1 N–H and O–H groups in total. The molecule has 2 heterocycles. The van der Waals surface area contributed by atoms with E-state index >= 15 is 0 Å². The molecule has 0 saturated carbocycles. The number of fused-ring (bicyclic) bond motifs is 1. The number of hydrogen-bond donors (Lipinski definition) is 1. The highest BCUT2D eigenvalue weighted by Gasteiger charge is 2.51. The molecule has 6 heteroatoms. The van der Waals surface area contributed by atoms with Gasteiger partial charge in [-0.3, -0.25) is 0 Å². The van der Waals surface area contributed by atoms with Gasteiger partial charge in [-0.1, -0.05) is 6.07 Å². The molecule has 1 aliphatic heterocycles. The maximum Gasteiger partial charge on any atom is 0.494 e. The van der Waals surface area contributed by atoms with Gasteiger partial charge in [0.2, 0.25) is 0 Å². The average Bonchev–Trinajstić information content (AvgIpc) is 2.90. The minimum atomic E-state index is -0.341. The lowest BCUT2D eigenvalue weighted by molar-refractivity contribution is 0.00578. The lowest BCUT2D eigenvalue weighted by Gasteiger charge is -2.32. The number of nitrogens with one attached hydrogen (secondary N) is 1. The maximum absolute atomic E-state index is 6.13. The average molecular weight is 315 g/mol. The van der Waals surface area contributed by atoms with E-state index in [0.717, 1.165) is 35.3 Å². The Morgan fingerprint density at radius 3 is 2.43 bits per heavy atom. The number of rotatable bonds is 4. The van der Waals surface area contributed by atoms with E-state index < -0.39 is 0 Å². The molecule has 5 nitrogen and oxygen atoms in total. The largest absolute Gasteiger partial charge is 0.494 e. The van der Waals surface area contributed by atoms with Crippen LogP contribution in [0.2, 0.25) is 0 Å². The molecule has 2 aromatic rings. The summed E-state index contributed by atoms with van der Waals surface area (Å²) in [6, 6.07) is 6.26. The summed E-state index contributed by atoms with van der Waals surface area (Å²) in [6.45, 7) is 9.20. The van der Waals surface area contributed by atoms with E-state index in [1.807, 2.05) is 7.05 Å². The molecule has 1 fully saturated rings. The van der Waals surface area contributed by atoms with Gasteiger partial charge < -0.3 is 19.2 Å². The monoisotopic (exact) mass is 315 g/mol. The summed E-state index contributed by atoms with van der Waals surface area (Å²) in [6.07, 6.45) is 0.910. The van der Waals surface area contributed by atoms with Crippen LogP contribution in [0.25, 0.3) is 11.0 Å². The van der Waals surface area contributed by atoms with E-state index in [0.29, 0.717) is 0 Å². The highest BCUT2D eigenvalue weighted by molar-refractivity contribution is 6.62. The Morgan fingerprint density at radius 1 is 1.17 bits per heavy atom. The molecule has 0 radical (unpaired) electrons. The van der Waals surface area contributed by atoms with Crippen molar-refractivity contribution in [1.82, 2.24) is 14.9 Å². The zero-order valence-electron chi connectivity index (χ0n) is 14.9. The Balaban J connectivity index is 1.92. The SMILES string of the molecule is CNCCc1nc2cc(B3OC(C)(C)C(C)(C)O3)ccc2n1C. The summed E-state index contributed by atoms with van der Waals surface area (Å²) in [5, 5.41) is 3.17. The second-order valence-corrected chi connectivity index (χ2v) is 7.28. The fourth-order valence-corrected chi connectivity index (χ4v) is 2.85. The molecule has 0 aliphatic carbocycles. The Kier molecular flexibility index (Phi) is 4.03. The van der Waals surface area contributed by atoms with Crippen LogP contribution in [-0.4, -0.2) is 41.5 Å². The van der Waals surface area contributed by atoms with E-state index in [-0.39, 0.29) is 18.3 Å². The van der Waals surface area contributed by atoms with E-state index in [2.05, 4.69) is 62.8 Å². The van der Waals surface area contributed by atoms with Crippen LogP contribution < -0.4 is 10.8 Å². The second-order valence-electron chi connectivity index (χ2n) is 7.28. The molecule has 1 saturated heterocycles. The lowest BCUT2D eigenvalue weighted by atomic mass is 9.79. The van der Waals surface area contributed by atoms with Gasteiger partial charge in [0.25, 0.3) is 0 Å². The van der Waals surface area contributed by atoms with Crippen molar-refractivity contribution in [2.45, 2.75) is 45.3 Å². The Bertz CT molecular complexity index is 708. The van der Waals surface area contributed by atoms with E-state index in [9.17, 15) is 0 Å². The first kappa shape index (κ1) is 16.5. The van der Waals surface area contributed by atoms with Crippen molar-refractivity contribution in [3.63, 3.8) is 0 Å². The topological polar surface area (TPSA) is 48.3 Å². The molecule has 0 spiro atoms. The first-order chi connectivity index (χ1) is 10.7. The number of benzene rings is 1. The molecule has 0 amide bonds. The van der Waals surface area contributed by atoms with Crippen molar-refractivity contribution in [3.05, 3.63) is 24.0 Å². The summed E-state index contributed by atoms with van der Waals surface area (Å²) in [7, 11) is 3.68. The fourth-order valence-electron chi connectivity index (χ4n) is 2.85. The molecule has 1 aromatic carbocycles. The Morgan fingerprint density at radius 2 is 1.83 bits per heavy atom. The van der Waals surface area contributed by atoms with Gasteiger partial charge in [-0.2, -0.15) is 0 Å². The van der Waals surface area contributed by atoms with Crippen molar-refractivity contribution in [2.24, 2.45) is 7.05 Å². The van der Waals surface area contributed by atoms with E-state index in [1.165, 1.54) is 0 Å². The third kappa shape index (κ3) is 2.79. The normalized spacial score (nSPS) is 19.7. The molecule has 3 rings (SSSR count). The molecule has 0 bridgehead atoms. The summed E-state index contributed by atoms with van der Waals surface area (Å²) < 4.78 is 14.4. The quantitative estimate of drug-likeness (QED) is 0.872. The number of hydrogen-bond acceptors (Lipinski definition) is 4. The molecule has 0 unspecified atom stereocenters. The third-order valence-corrected chi connectivity index (χ3v) is 5.12. The van der Waals surface area contributed by atoms with Gasteiger partial charge in [0.1, 0.15) is 5.82 Å². The van der Waals surface area contributed by atoms with Gasteiger partial charge in [-0.15, -0.1) is 0 Å². The molecule has 1 aliphatic rings. The van der Waals surface area contributed by atoms with Crippen molar-refractivity contribution in [3.8, 4) is 0 Å². The summed E-state index contributed by atoms with van der Waals surface area (Å²) in [4.78, 5) is 4.77. The Labute approximate surface area is 138 Å². The smallest absolute Gasteiger partial charge is 0.399 e. The van der Waals surface area contributed by atoms with Crippen molar-refractivity contribution in [1.29, 1.82) is 0 Å². The summed E-state index contributed by atoms with van der Waals surface area (Å²) in [5.74, 6) is 1.08. The molecule has 23 heavy (non-hydrogen) atoms. The maximum atomic E-state index is 6.13. The zero-order valence-corrected chi connectivity index (χ0v) is 14.9. The standard InChI is InChI=1S/C17H26BN3O2/c1-16(2)17(3,4)23-18(22-16)12-7-8-14-13(11-12)20-15(21(14)6)9-10-19-5/h7-8,11,19H,9-10H2,1-6H3. The van der Waals surface area contributed by atoms with E-state index in [1.54, 1.807) is 0 Å². The van der Waals surface area contributed by atoms with Gasteiger partial charge in [0.05, 0.1) is 22.2 Å². The number of imidazole rings is 1. The van der Waals surface area contributed by atoms with Gasteiger partial charge >= 0.3 is 7.12 Å². The van der Waals surface area contributed by atoms with Crippen LogP contribution in [0.4, 0.5) is 0 Å². The zero-order chi connectivity index (χ0) is 16.8. The van der Waals surface area contributed by atoms with Gasteiger partial charge in [-0.05, 0) is 52.3 Å². The first-order valence-corrected chi connectivity index (χ1v) is 8.21. The Hall–Kier alpha value is -1.37. The summed E-state index contributed by atoms with van der Waals surface area (Å²) in [5.41, 5.74) is 2.50. The van der Waals surface area contributed by atoms with Crippen LogP contribution in [0.1, 0.15) is 33.5 Å². The van der Waals surface area contributed by atoms with E-state index in [4.69, 9.17) is 14.3 Å². The van der Waals surface area contributed by atoms with Crippen LogP contribution >= 0.6 is 0 Å². The van der Waals surface area contributed by atoms with Crippen LogP contribution in [-0.2, 0) is 22.8 Å². The second kappa shape index (κ2) is 5.62. The fraction of sp³-hybridized carbons (Fsp3) is 0.588. The molecule has 124 valence electrons. The predicted molar refractivity (Wildman–Crippen MR) is 94.1 cm³/mol. The molecule has 1 aromatic heterocycles. The highest BCUT2D eigenvalue weighted by atomic mass is 16.7. The summed E-state index contributed by atoms with van der Waals surface area (Å²) >= 11 is 0. The van der Waals surface area contributed by atoms with Crippen LogP contribution in [0.15, 0.2) is 18.2 Å². The van der Waals surface area contributed by atoms with Crippen LogP contribution in [0.5, 0.6) is 0 Å². The molecular weight excluding hydrogens is 289 g/mol. The number of aromatic nitrogens is 2. The van der Waals surface area contributed by atoms with Gasteiger partial charge in [-0.25, -0.2) is 4.98 Å².